The van der Waals surface area contributed by atoms with Crippen molar-refractivity contribution in [3.8, 4) is 5.75 Å². The third-order valence-electron chi connectivity index (χ3n) is 2.96. The molecule has 0 radical (unpaired) electrons. The smallest absolute Gasteiger partial charge is 0.120 e. The molecule has 0 fully saturated rings. The number of fused-ring (bicyclic) bond motifs is 1. The largest absolute Gasteiger partial charge is 0.497 e. The molecular formula is C16H14N2O. The first kappa shape index (κ1) is 11.5. The van der Waals surface area contributed by atoms with Crippen molar-refractivity contribution in [2.24, 2.45) is 0 Å². The molecular weight excluding hydrogens is 236 g/mol. The number of ether oxygens (including phenoxy) is 1. The number of hydrogen-bond donors (Lipinski definition) is 1. The predicted octanol–water partition coefficient (Wildman–Crippen LogP) is 3.99. The molecule has 19 heavy (non-hydrogen) atoms. The highest BCUT2D eigenvalue weighted by Crippen LogP contribution is 2.23. The number of hydrogen-bond acceptors (Lipinski definition) is 3. The Morgan fingerprint density at radius 3 is 2.74 bits per heavy atom. The van der Waals surface area contributed by atoms with Crippen LogP contribution >= 0.6 is 0 Å². The molecule has 94 valence electrons. The minimum Gasteiger partial charge on any atom is -0.497 e. The first-order valence-electron chi connectivity index (χ1n) is 6.11. The van der Waals surface area contributed by atoms with Crippen molar-refractivity contribution >= 4 is 22.3 Å². The molecule has 1 heterocycles. The van der Waals surface area contributed by atoms with Gasteiger partial charge in [0.2, 0.25) is 0 Å². The molecule has 0 saturated heterocycles. The molecule has 0 spiro atoms. The lowest BCUT2D eigenvalue weighted by Gasteiger charge is -2.08. The van der Waals surface area contributed by atoms with Crippen molar-refractivity contribution in [1.82, 2.24) is 4.98 Å². The Morgan fingerprint density at radius 1 is 0.947 bits per heavy atom. The Morgan fingerprint density at radius 2 is 1.84 bits per heavy atom. The van der Waals surface area contributed by atoms with E-state index in [-0.39, 0.29) is 0 Å². The van der Waals surface area contributed by atoms with Crippen LogP contribution in [0.1, 0.15) is 0 Å². The first-order chi connectivity index (χ1) is 9.35. The Balaban J connectivity index is 1.92. The van der Waals surface area contributed by atoms with Gasteiger partial charge in [-0.1, -0.05) is 12.1 Å². The highest BCUT2D eigenvalue weighted by atomic mass is 16.5. The zero-order valence-electron chi connectivity index (χ0n) is 10.6. The molecule has 0 amide bonds. The third-order valence-corrected chi connectivity index (χ3v) is 2.96. The summed E-state index contributed by atoms with van der Waals surface area (Å²) in [5.74, 6) is 0.840. The van der Waals surface area contributed by atoms with Gasteiger partial charge in [0.1, 0.15) is 5.75 Å². The quantitative estimate of drug-likeness (QED) is 0.763. The zero-order chi connectivity index (χ0) is 13.1. The lowest BCUT2D eigenvalue weighted by atomic mass is 10.2. The maximum Gasteiger partial charge on any atom is 0.120 e. The van der Waals surface area contributed by atoms with Crippen LogP contribution in [0.25, 0.3) is 10.9 Å². The van der Waals surface area contributed by atoms with Crippen LogP contribution in [0.5, 0.6) is 5.75 Å². The maximum atomic E-state index is 5.21. The number of methoxy groups -OCH3 is 1. The second-order valence-electron chi connectivity index (χ2n) is 4.27. The number of benzene rings is 2. The Labute approximate surface area is 111 Å². The van der Waals surface area contributed by atoms with Crippen LogP contribution in [-0.4, -0.2) is 12.1 Å². The van der Waals surface area contributed by atoms with E-state index in [9.17, 15) is 0 Å². The lowest BCUT2D eigenvalue weighted by Crippen LogP contribution is -1.91. The van der Waals surface area contributed by atoms with Crippen LogP contribution in [0.15, 0.2) is 60.8 Å². The van der Waals surface area contributed by atoms with Gasteiger partial charge in [-0.05, 0) is 36.4 Å². The van der Waals surface area contributed by atoms with Gasteiger partial charge in [-0.25, -0.2) is 0 Å². The standard InChI is InChI=1S/C16H14N2O/c1-19-15-6-2-5-13(11-15)18-14-7-8-16-12(10-14)4-3-9-17-16/h2-11,18H,1H3. The summed E-state index contributed by atoms with van der Waals surface area (Å²) in [6.07, 6.45) is 1.80. The molecule has 0 aliphatic heterocycles. The second-order valence-corrected chi connectivity index (χ2v) is 4.27. The van der Waals surface area contributed by atoms with E-state index in [2.05, 4.69) is 22.4 Å². The van der Waals surface area contributed by atoms with Crippen LogP contribution < -0.4 is 10.1 Å². The van der Waals surface area contributed by atoms with Gasteiger partial charge in [-0.15, -0.1) is 0 Å². The Kier molecular flexibility index (Phi) is 3.02. The summed E-state index contributed by atoms with van der Waals surface area (Å²) < 4.78 is 5.21. The van der Waals surface area contributed by atoms with Crippen molar-refractivity contribution in [3.63, 3.8) is 0 Å². The van der Waals surface area contributed by atoms with E-state index in [4.69, 9.17) is 4.74 Å². The summed E-state index contributed by atoms with van der Waals surface area (Å²) in [5.41, 5.74) is 3.04. The van der Waals surface area contributed by atoms with Crippen LogP contribution in [0, 0.1) is 0 Å². The average molecular weight is 250 g/mol. The minimum absolute atomic E-state index is 0.840. The van der Waals surface area contributed by atoms with E-state index >= 15 is 0 Å². The van der Waals surface area contributed by atoms with Crippen molar-refractivity contribution in [3.05, 3.63) is 60.8 Å². The first-order valence-corrected chi connectivity index (χ1v) is 6.11. The van der Waals surface area contributed by atoms with Crippen LogP contribution in [0.2, 0.25) is 0 Å². The van der Waals surface area contributed by atoms with Crippen molar-refractivity contribution in [1.29, 1.82) is 0 Å². The molecule has 0 atom stereocenters. The lowest BCUT2D eigenvalue weighted by molar-refractivity contribution is 0.415. The van der Waals surface area contributed by atoms with Gasteiger partial charge in [0.25, 0.3) is 0 Å². The van der Waals surface area contributed by atoms with E-state index in [0.29, 0.717) is 0 Å². The number of nitrogens with zero attached hydrogens (tertiary/aromatic N) is 1. The molecule has 1 N–H and O–H groups in total. The van der Waals surface area contributed by atoms with Crippen LogP contribution in [0.3, 0.4) is 0 Å². The monoisotopic (exact) mass is 250 g/mol. The normalized spacial score (nSPS) is 10.4. The summed E-state index contributed by atoms with van der Waals surface area (Å²) >= 11 is 0. The van der Waals surface area contributed by atoms with Gasteiger partial charge in [0, 0.05) is 29.0 Å². The molecule has 0 unspecified atom stereocenters. The molecule has 3 aromatic rings. The molecule has 0 aliphatic carbocycles. The Hall–Kier alpha value is -2.55. The van der Waals surface area contributed by atoms with Crippen LogP contribution in [-0.2, 0) is 0 Å². The molecule has 3 heteroatoms. The second kappa shape index (κ2) is 4.98. The van der Waals surface area contributed by atoms with E-state index in [1.165, 1.54) is 0 Å². The molecule has 1 aromatic heterocycles. The predicted molar refractivity (Wildman–Crippen MR) is 78.0 cm³/mol. The van der Waals surface area contributed by atoms with Crippen molar-refractivity contribution in [2.45, 2.75) is 0 Å². The fourth-order valence-electron chi connectivity index (χ4n) is 2.02. The van der Waals surface area contributed by atoms with Gasteiger partial charge >= 0.3 is 0 Å². The van der Waals surface area contributed by atoms with Gasteiger partial charge in [-0.3, -0.25) is 4.98 Å². The molecule has 3 nitrogen and oxygen atoms in total. The number of rotatable bonds is 3. The van der Waals surface area contributed by atoms with E-state index in [1.54, 1.807) is 13.3 Å². The van der Waals surface area contributed by atoms with E-state index < -0.39 is 0 Å². The van der Waals surface area contributed by atoms with Crippen molar-refractivity contribution in [2.75, 3.05) is 12.4 Å². The topological polar surface area (TPSA) is 34.1 Å². The average Bonchev–Trinajstić information content (AvgIpc) is 2.47. The third kappa shape index (κ3) is 2.50. The van der Waals surface area contributed by atoms with Gasteiger partial charge in [0.05, 0.1) is 12.6 Å². The summed E-state index contributed by atoms with van der Waals surface area (Å²) in [6, 6.07) is 18.0. The minimum atomic E-state index is 0.840. The SMILES string of the molecule is COc1cccc(Nc2ccc3ncccc3c2)c1. The molecule has 0 aliphatic rings. The molecule has 2 aromatic carbocycles. The van der Waals surface area contributed by atoms with Gasteiger partial charge < -0.3 is 10.1 Å². The maximum absolute atomic E-state index is 5.21. The number of pyridine rings is 1. The summed E-state index contributed by atoms with van der Waals surface area (Å²) in [7, 11) is 1.67. The fourth-order valence-corrected chi connectivity index (χ4v) is 2.02. The van der Waals surface area contributed by atoms with Crippen molar-refractivity contribution < 1.29 is 4.74 Å². The van der Waals surface area contributed by atoms with Crippen LogP contribution in [0.4, 0.5) is 11.4 Å². The molecule has 0 saturated carbocycles. The number of aromatic nitrogens is 1. The summed E-state index contributed by atoms with van der Waals surface area (Å²) in [5, 5.41) is 4.48. The molecule has 0 bridgehead atoms. The zero-order valence-corrected chi connectivity index (χ0v) is 10.6. The van der Waals surface area contributed by atoms with Gasteiger partial charge in [0.15, 0.2) is 0 Å². The highest BCUT2D eigenvalue weighted by molar-refractivity contribution is 5.83. The van der Waals surface area contributed by atoms with E-state index in [0.717, 1.165) is 28.0 Å². The Bertz CT molecular complexity index is 710. The molecule has 3 rings (SSSR count). The number of anilines is 2. The van der Waals surface area contributed by atoms with E-state index in [1.807, 2.05) is 42.5 Å². The fraction of sp³-hybridized carbons (Fsp3) is 0.0625. The summed E-state index contributed by atoms with van der Waals surface area (Å²) in [6.45, 7) is 0. The number of nitrogens with one attached hydrogen (secondary N) is 1. The highest BCUT2D eigenvalue weighted by Gasteiger charge is 1.99. The van der Waals surface area contributed by atoms with Gasteiger partial charge in [-0.2, -0.15) is 0 Å². The summed E-state index contributed by atoms with van der Waals surface area (Å²) in [4.78, 5) is 4.31.